The van der Waals surface area contributed by atoms with Crippen LogP contribution in [0.5, 0.6) is 0 Å². The van der Waals surface area contributed by atoms with Gasteiger partial charge in [-0.1, -0.05) is 0 Å². The van der Waals surface area contributed by atoms with Crippen molar-refractivity contribution in [3.63, 3.8) is 0 Å². The van der Waals surface area contributed by atoms with E-state index in [1.165, 1.54) is 7.11 Å². The second kappa shape index (κ2) is 6.24. The first kappa shape index (κ1) is 15.0. The van der Waals surface area contributed by atoms with Gasteiger partial charge in [0.1, 0.15) is 5.82 Å². The average Bonchev–Trinajstić information content (AvgIpc) is 2.26. The molecule has 1 rings (SSSR count). The first-order valence-corrected chi connectivity index (χ1v) is 5.52. The van der Waals surface area contributed by atoms with E-state index in [0.29, 0.717) is 6.07 Å². The van der Waals surface area contributed by atoms with Gasteiger partial charge < -0.3 is 10.1 Å². The Kier molecular flexibility index (Phi) is 5.22. The van der Waals surface area contributed by atoms with Crippen LogP contribution in [0.4, 0.5) is 23.2 Å². The number of benzene rings is 1. The second-order valence-corrected chi connectivity index (χ2v) is 4.24. The second-order valence-electron chi connectivity index (χ2n) is 3.63. The summed E-state index contributed by atoms with van der Waals surface area (Å²) in [6.45, 7) is 0.453. The van der Waals surface area contributed by atoms with Crippen molar-refractivity contribution < 1.29 is 22.3 Å². The van der Waals surface area contributed by atoms with Gasteiger partial charge in [0.25, 0.3) is 0 Å². The van der Waals surface area contributed by atoms with E-state index in [1.807, 2.05) is 0 Å². The normalized spacial score (nSPS) is 13.4. The molecule has 0 fully saturated rings. The lowest BCUT2D eigenvalue weighted by atomic mass is 10.2. The number of halogens is 5. The van der Waals surface area contributed by atoms with Crippen LogP contribution in [0.1, 0.15) is 5.56 Å². The van der Waals surface area contributed by atoms with Crippen LogP contribution in [0, 0.1) is 5.82 Å². The van der Waals surface area contributed by atoms with Crippen molar-refractivity contribution in [2.45, 2.75) is 11.6 Å². The predicted octanol–water partition coefficient (Wildman–Crippen LogP) is 3.51. The van der Waals surface area contributed by atoms with Gasteiger partial charge in [-0.25, -0.2) is 4.39 Å². The third kappa shape index (κ3) is 4.34. The number of rotatable bonds is 5. The van der Waals surface area contributed by atoms with E-state index in [1.54, 1.807) is 0 Å². The summed E-state index contributed by atoms with van der Waals surface area (Å²) >= 11 is 5.80. The Balaban J connectivity index is 2.69. The molecule has 0 amide bonds. The number of ether oxygens (including phenoxy) is 1. The van der Waals surface area contributed by atoms with Gasteiger partial charge in [0.15, 0.2) is 0 Å². The van der Waals surface area contributed by atoms with Gasteiger partial charge in [0, 0.05) is 13.7 Å². The number of anilines is 1. The molecule has 0 heterocycles. The topological polar surface area (TPSA) is 21.3 Å². The Morgan fingerprint density at radius 3 is 2.56 bits per heavy atom. The molecule has 1 atom stereocenters. The maximum absolute atomic E-state index is 13.4. The molecule has 1 aromatic carbocycles. The molecule has 0 aromatic heterocycles. The molecule has 18 heavy (non-hydrogen) atoms. The van der Waals surface area contributed by atoms with E-state index in [0.717, 1.165) is 12.1 Å². The molecule has 1 unspecified atom stereocenters. The molecule has 0 radical (unpaired) electrons. The standard InChI is InChI=1S/C11H12ClF4NO/c1-18-6-8(12)5-17-10-3-2-7(4-9(10)13)11(14,15)16/h2-4,8,17H,5-6H2,1H3. The molecule has 1 aromatic rings. The highest BCUT2D eigenvalue weighted by molar-refractivity contribution is 6.21. The molecule has 7 heteroatoms. The van der Waals surface area contributed by atoms with Gasteiger partial charge in [-0.3, -0.25) is 0 Å². The summed E-state index contributed by atoms with van der Waals surface area (Å²) in [5, 5.41) is 2.23. The summed E-state index contributed by atoms with van der Waals surface area (Å²) in [7, 11) is 1.47. The average molecular weight is 286 g/mol. The number of alkyl halides is 4. The molecular weight excluding hydrogens is 274 g/mol. The van der Waals surface area contributed by atoms with Crippen molar-refractivity contribution in [1.82, 2.24) is 0 Å². The Hall–Kier alpha value is -1.01. The molecule has 0 aliphatic rings. The maximum Gasteiger partial charge on any atom is 0.416 e. The van der Waals surface area contributed by atoms with Gasteiger partial charge in [0.05, 0.1) is 23.2 Å². The fourth-order valence-corrected chi connectivity index (χ4v) is 1.50. The monoisotopic (exact) mass is 285 g/mol. The molecular formula is C11H12ClF4NO. The van der Waals surface area contributed by atoms with Crippen molar-refractivity contribution in [3.05, 3.63) is 29.6 Å². The highest BCUT2D eigenvalue weighted by Crippen LogP contribution is 2.31. The summed E-state index contributed by atoms with van der Waals surface area (Å²) in [5.41, 5.74) is -1.05. The number of hydrogen-bond acceptors (Lipinski definition) is 2. The lowest BCUT2D eigenvalue weighted by molar-refractivity contribution is -0.137. The molecule has 0 aliphatic heterocycles. The van der Waals surface area contributed by atoms with Crippen molar-refractivity contribution in [3.8, 4) is 0 Å². The zero-order valence-corrected chi connectivity index (χ0v) is 10.3. The van der Waals surface area contributed by atoms with E-state index in [4.69, 9.17) is 16.3 Å². The lowest BCUT2D eigenvalue weighted by Gasteiger charge is -2.13. The highest BCUT2D eigenvalue weighted by atomic mass is 35.5. The Morgan fingerprint density at radius 2 is 2.06 bits per heavy atom. The van der Waals surface area contributed by atoms with Crippen LogP contribution in [-0.4, -0.2) is 25.6 Å². The van der Waals surface area contributed by atoms with E-state index in [-0.39, 0.29) is 18.8 Å². The summed E-state index contributed by atoms with van der Waals surface area (Å²) in [5.74, 6) is -0.967. The van der Waals surface area contributed by atoms with Gasteiger partial charge in [-0.05, 0) is 18.2 Å². The van der Waals surface area contributed by atoms with Crippen molar-refractivity contribution in [1.29, 1.82) is 0 Å². The minimum Gasteiger partial charge on any atom is -0.383 e. The fraction of sp³-hybridized carbons (Fsp3) is 0.455. The molecule has 0 saturated carbocycles. The molecule has 0 aliphatic carbocycles. The summed E-state index contributed by atoms with van der Waals surface area (Å²) in [6, 6.07) is 2.29. The van der Waals surface area contributed by atoms with Crippen LogP contribution in [0.15, 0.2) is 18.2 Å². The minimum absolute atomic E-state index is 0.0234. The fourth-order valence-electron chi connectivity index (χ4n) is 1.30. The zero-order chi connectivity index (χ0) is 13.8. The van der Waals surface area contributed by atoms with Gasteiger partial charge in [-0.2, -0.15) is 13.2 Å². The lowest BCUT2D eigenvalue weighted by Crippen LogP contribution is -2.19. The SMILES string of the molecule is COCC(Cl)CNc1ccc(C(F)(F)F)cc1F. The van der Waals surface area contributed by atoms with Gasteiger partial charge in [0.2, 0.25) is 0 Å². The van der Waals surface area contributed by atoms with Crippen LogP contribution in [0.3, 0.4) is 0 Å². The minimum atomic E-state index is -4.55. The third-order valence-corrected chi connectivity index (χ3v) is 2.44. The molecule has 0 saturated heterocycles. The Labute approximate surface area is 107 Å². The largest absolute Gasteiger partial charge is 0.416 e. The van der Waals surface area contributed by atoms with E-state index in [9.17, 15) is 17.6 Å². The third-order valence-electron chi connectivity index (χ3n) is 2.16. The highest BCUT2D eigenvalue weighted by Gasteiger charge is 2.31. The van der Waals surface area contributed by atoms with Gasteiger partial charge in [-0.15, -0.1) is 11.6 Å². The van der Waals surface area contributed by atoms with Crippen molar-refractivity contribution in [2.75, 3.05) is 25.6 Å². The van der Waals surface area contributed by atoms with E-state index < -0.39 is 22.9 Å². The predicted molar refractivity (Wildman–Crippen MR) is 61.4 cm³/mol. The summed E-state index contributed by atoms with van der Waals surface area (Å²) < 4.78 is 55.0. The van der Waals surface area contributed by atoms with Crippen molar-refractivity contribution in [2.24, 2.45) is 0 Å². The molecule has 0 bridgehead atoms. The number of methoxy groups -OCH3 is 1. The van der Waals surface area contributed by atoms with Crippen LogP contribution in [0.2, 0.25) is 0 Å². The summed E-state index contributed by atoms with van der Waals surface area (Å²) in [6.07, 6.45) is -4.55. The zero-order valence-electron chi connectivity index (χ0n) is 9.52. The number of hydrogen-bond donors (Lipinski definition) is 1. The van der Waals surface area contributed by atoms with Crippen LogP contribution < -0.4 is 5.32 Å². The molecule has 102 valence electrons. The van der Waals surface area contributed by atoms with Crippen LogP contribution in [0.25, 0.3) is 0 Å². The summed E-state index contributed by atoms with van der Waals surface area (Å²) in [4.78, 5) is 0. The smallest absolute Gasteiger partial charge is 0.383 e. The maximum atomic E-state index is 13.4. The van der Waals surface area contributed by atoms with Crippen LogP contribution >= 0.6 is 11.6 Å². The number of nitrogens with one attached hydrogen (secondary N) is 1. The molecule has 0 spiro atoms. The molecule has 1 N–H and O–H groups in total. The first-order valence-electron chi connectivity index (χ1n) is 5.08. The quantitative estimate of drug-likeness (QED) is 0.660. The van der Waals surface area contributed by atoms with Crippen molar-refractivity contribution >= 4 is 17.3 Å². The van der Waals surface area contributed by atoms with Crippen LogP contribution in [-0.2, 0) is 10.9 Å². The first-order chi connectivity index (χ1) is 8.34. The Morgan fingerprint density at radius 1 is 1.39 bits per heavy atom. The van der Waals surface area contributed by atoms with Gasteiger partial charge >= 0.3 is 6.18 Å². The van der Waals surface area contributed by atoms with E-state index in [2.05, 4.69) is 5.32 Å². The Bertz CT molecular complexity index is 397. The van der Waals surface area contributed by atoms with E-state index >= 15 is 0 Å². The molecule has 2 nitrogen and oxygen atoms in total.